The van der Waals surface area contributed by atoms with Gasteiger partial charge in [0, 0.05) is 19.8 Å². The first-order valence-electron chi connectivity index (χ1n) is 4.43. The van der Waals surface area contributed by atoms with Crippen LogP contribution in [-0.4, -0.2) is 20.7 Å². The number of hydrogen-bond donors (Lipinski definition) is 0. The minimum absolute atomic E-state index is 0.0980. The number of hydrogen-bond acceptors (Lipinski definition) is 3. The standard InChI is InChI=1S/C11H14N2O/c1-9-8-10(14-7-6-12)4-5-11(9)13(2)3/h4-5,8H,7H2,1-3H3. The maximum absolute atomic E-state index is 8.36. The van der Waals surface area contributed by atoms with Crippen molar-refractivity contribution in [3.8, 4) is 11.8 Å². The van der Waals surface area contributed by atoms with Crippen LogP contribution in [0.25, 0.3) is 0 Å². The van der Waals surface area contributed by atoms with E-state index in [4.69, 9.17) is 10.00 Å². The second kappa shape index (κ2) is 4.52. The quantitative estimate of drug-likeness (QED) is 0.731. The Kier molecular flexibility index (Phi) is 3.35. The van der Waals surface area contributed by atoms with Gasteiger partial charge >= 0.3 is 0 Å². The summed E-state index contributed by atoms with van der Waals surface area (Å²) < 4.78 is 5.19. The number of nitriles is 1. The molecule has 0 fully saturated rings. The van der Waals surface area contributed by atoms with Gasteiger partial charge in [-0.15, -0.1) is 0 Å². The van der Waals surface area contributed by atoms with Crippen LogP contribution in [0, 0.1) is 18.3 Å². The summed E-state index contributed by atoms with van der Waals surface area (Å²) in [5.74, 6) is 0.745. The summed E-state index contributed by atoms with van der Waals surface area (Å²) in [7, 11) is 4.00. The highest BCUT2D eigenvalue weighted by Crippen LogP contribution is 2.22. The molecule has 1 aromatic rings. The summed E-state index contributed by atoms with van der Waals surface area (Å²) in [6, 6.07) is 7.74. The van der Waals surface area contributed by atoms with Gasteiger partial charge in [-0.2, -0.15) is 5.26 Å². The fraction of sp³-hybridized carbons (Fsp3) is 0.364. The SMILES string of the molecule is Cc1cc(OCC#N)ccc1N(C)C. The number of benzene rings is 1. The van der Waals surface area contributed by atoms with Crippen LogP contribution in [0.5, 0.6) is 5.75 Å². The maximum Gasteiger partial charge on any atom is 0.174 e. The molecule has 0 radical (unpaired) electrons. The van der Waals surface area contributed by atoms with Gasteiger partial charge in [-0.25, -0.2) is 0 Å². The topological polar surface area (TPSA) is 36.3 Å². The molecule has 3 nitrogen and oxygen atoms in total. The zero-order chi connectivity index (χ0) is 10.6. The van der Waals surface area contributed by atoms with E-state index in [-0.39, 0.29) is 6.61 Å². The van der Waals surface area contributed by atoms with Gasteiger partial charge in [0.15, 0.2) is 6.61 Å². The van der Waals surface area contributed by atoms with Crippen LogP contribution in [0.3, 0.4) is 0 Å². The van der Waals surface area contributed by atoms with E-state index in [1.54, 1.807) is 0 Å². The summed E-state index contributed by atoms with van der Waals surface area (Å²) in [6.07, 6.45) is 0. The van der Waals surface area contributed by atoms with Gasteiger partial charge in [-0.05, 0) is 30.7 Å². The molecule has 0 aliphatic heterocycles. The molecule has 0 amide bonds. The van der Waals surface area contributed by atoms with Crippen LogP contribution < -0.4 is 9.64 Å². The molecule has 0 spiro atoms. The summed E-state index contributed by atoms with van der Waals surface area (Å²) in [5, 5.41) is 8.36. The van der Waals surface area contributed by atoms with E-state index in [1.165, 1.54) is 0 Å². The highest BCUT2D eigenvalue weighted by Gasteiger charge is 2.01. The number of aryl methyl sites for hydroxylation is 1. The van der Waals surface area contributed by atoms with Crippen LogP contribution in [0.4, 0.5) is 5.69 Å². The molecular weight excluding hydrogens is 176 g/mol. The molecule has 0 saturated carbocycles. The van der Waals surface area contributed by atoms with E-state index in [9.17, 15) is 0 Å². The average molecular weight is 190 g/mol. The molecule has 0 aliphatic rings. The lowest BCUT2D eigenvalue weighted by Crippen LogP contribution is -2.10. The van der Waals surface area contributed by atoms with Gasteiger partial charge in [0.1, 0.15) is 11.8 Å². The molecule has 14 heavy (non-hydrogen) atoms. The van der Waals surface area contributed by atoms with Crippen LogP contribution in [0.2, 0.25) is 0 Å². The molecule has 0 heterocycles. The van der Waals surface area contributed by atoms with Gasteiger partial charge in [0.2, 0.25) is 0 Å². The van der Waals surface area contributed by atoms with Crippen molar-refractivity contribution in [2.75, 3.05) is 25.6 Å². The number of ether oxygens (including phenoxy) is 1. The molecule has 0 aliphatic carbocycles. The van der Waals surface area contributed by atoms with Crippen molar-refractivity contribution in [2.45, 2.75) is 6.92 Å². The molecule has 1 aromatic carbocycles. The molecule has 1 rings (SSSR count). The summed E-state index contributed by atoms with van der Waals surface area (Å²) in [4.78, 5) is 2.05. The smallest absolute Gasteiger partial charge is 0.174 e. The average Bonchev–Trinajstić information content (AvgIpc) is 2.14. The summed E-state index contributed by atoms with van der Waals surface area (Å²) in [5.41, 5.74) is 2.31. The Labute approximate surface area is 84.5 Å². The van der Waals surface area contributed by atoms with Gasteiger partial charge in [-0.1, -0.05) is 0 Å². The fourth-order valence-corrected chi connectivity index (χ4v) is 1.34. The second-order valence-electron chi connectivity index (χ2n) is 3.29. The third-order valence-corrected chi connectivity index (χ3v) is 1.95. The second-order valence-corrected chi connectivity index (χ2v) is 3.29. The van der Waals surface area contributed by atoms with Crippen LogP contribution in [-0.2, 0) is 0 Å². The van der Waals surface area contributed by atoms with Crippen LogP contribution in [0.15, 0.2) is 18.2 Å². The Balaban J connectivity index is 2.85. The highest BCUT2D eigenvalue weighted by atomic mass is 16.5. The van der Waals surface area contributed by atoms with Crippen molar-refractivity contribution in [2.24, 2.45) is 0 Å². The van der Waals surface area contributed by atoms with Crippen molar-refractivity contribution in [3.63, 3.8) is 0 Å². The third-order valence-electron chi connectivity index (χ3n) is 1.95. The largest absolute Gasteiger partial charge is 0.479 e. The molecule has 3 heteroatoms. The lowest BCUT2D eigenvalue weighted by Gasteiger charge is -2.16. The first kappa shape index (κ1) is 10.4. The summed E-state index contributed by atoms with van der Waals surface area (Å²) in [6.45, 7) is 2.12. The fourth-order valence-electron chi connectivity index (χ4n) is 1.34. The van der Waals surface area contributed by atoms with Crippen LogP contribution in [0.1, 0.15) is 5.56 Å². The van der Waals surface area contributed by atoms with E-state index in [2.05, 4.69) is 0 Å². The molecular formula is C11H14N2O. The minimum atomic E-state index is 0.0980. The van der Waals surface area contributed by atoms with E-state index in [0.717, 1.165) is 17.0 Å². The molecule has 0 N–H and O–H groups in total. The van der Waals surface area contributed by atoms with Crippen molar-refractivity contribution >= 4 is 5.69 Å². The Bertz CT molecular complexity index is 353. The molecule has 0 saturated heterocycles. The van der Waals surface area contributed by atoms with Gasteiger partial charge in [0.05, 0.1) is 0 Å². The maximum atomic E-state index is 8.36. The first-order valence-corrected chi connectivity index (χ1v) is 4.43. The van der Waals surface area contributed by atoms with Gasteiger partial charge < -0.3 is 9.64 Å². The minimum Gasteiger partial charge on any atom is -0.479 e. The van der Waals surface area contributed by atoms with Crippen molar-refractivity contribution in [1.82, 2.24) is 0 Å². The third kappa shape index (κ3) is 2.40. The van der Waals surface area contributed by atoms with E-state index < -0.39 is 0 Å². The Morgan fingerprint density at radius 1 is 1.43 bits per heavy atom. The Hall–Kier alpha value is -1.69. The van der Waals surface area contributed by atoms with E-state index in [1.807, 2.05) is 50.2 Å². The van der Waals surface area contributed by atoms with Crippen molar-refractivity contribution < 1.29 is 4.74 Å². The number of nitrogens with zero attached hydrogens (tertiary/aromatic N) is 2. The molecule has 0 atom stereocenters. The van der Waals surface area contributed by atoms with Crippen LogP contribution >= 0.6 is 0 Å². The lowest BCUT2D eigenvalue weighted by molar-refractivity contribution is 0.368. The molecule has 0 aromatic heterocycles. The number of rotatable bonds is 3. The lowest BCUT2D eigenvalue weighted by atomic mass is 10.2. The molecule has 0 unspecified atom stereocenters. The Morgan fingerprint density at radius 3 is 2.64 bits per heavy atom. The molecule has 74 valence electrons. The Morgan fingerprint density at radius 2 is 2.14 bits per heavy atom. The van der Waals surface area contributed by atoms with Gasteiger partial charge in [-0.3, -0.25) is 0 Å². The van der Waals surface area contributed by atoms with E-state index in [0.29, 0.717) is 0 Å². The van der Waals surface area contributed by atoms with Gasteiger partial charge in [0.25, 0.3) is 0 Å². The zero-order valence-electron chi connectivity index (χ0n) is 8.74. The summed E-state index contributed by atoms with van der Waals surface area (Å²) >= 11 is 0. The highest BCUT2D eigenvalue weighted by molar-refractivity contribution is 5.54. The van der Waals surface area contributed by atoms with E-state index >= 15 is 0 Å². The predicted molar refractivity (Wildman–Crippen MR) is 56.6 cm³/mol. The van der Waals surface area contributed by atoms with Crippen molar-refractivity contribution in [3.05, 3.63) is 23.8 Å². The normalized spacial score (nSPS) is 9.29. The molecule has 0 bridgehead atoms. The zero-order valence-corrected chi connectivity index (χ0v) is 8.74. The first-order chi connectivity index (χ1) is 6.65. The number of anilines is 1. The van der Waals surface area contributed by atoms with Crippen molar-refractivity contribution in [1.29, 1.82) is 5.26 Å². The monoisotopic (exact) mass is 190 g/mol. The predicted octanol–water partition coefficient (Wildman–Crippen LogP) is 1.96.